The molecule has 1 aromatic carbocycles. The summed E-state index contributed by atoms with van der Waals surface area (Å²) in [5.74, 6) is -0.214. The first-order valence-electron chi connectivity index (χ1n) is 9.88. The zero-order valence-electron chi connectivity index (χ0n) is 16.4. The molecule has 0 saturated heterocycles. The number of nitrogens with zero attached hydrogens (tertiary/aromatic N) is 2. The molecule has 1 aliphatic rings. The van der Waals surface area contributed by atoms with Crippen molar-refractivity contribution in [1.29, 1.82) is 0 Å². The molecule has 1 aliphatic carbocycles. The van der Waals surface area contributed by atoms with Gasteiger partial charge in [0.2, 0.25) is 0 Å². The van der Waals surface area contributed by atoms with Gasteiger partial charge < -0.3 is 14.8 Å². The summed E-state index contributed by atoms with van der Waals surface area (Å²) in [5.41, 5.74) is 0.985. The minimum absolute atomic E-state index is 0.00810. The Morgan fingerprint density at radius 3 is 2.26 bits per heavy atom. The summed E-state index contributed by atoms with van der Waals surface area (Å²) < 4.78 is 44.1. The lowest BCUT2D eigenvalue weighted by atomic mass is 9.87. The van der Waals surface area contributed by atoms with Crippen LogP contribution in [0.1, 0.15) is 31.4 Å². The highest BCUT2D eigenvalue weighted by Crippen LogP contribution is 2.31. The Labute approximate surface area is 176 Å². The third-order valence-corrected chi connectivity index (χ3v) is 5.38. The molecule has 0 atom stereocenters. The van der Waals surface area contributed by atoms with E-state index < -0.39 is 17.8 Å². The Hall–Kier alpha value is -3.36. The Kier molecular flexibility index (Phi) is 5.67. The number of pyridine rings is 1. The summed E-state index contributed by atoms with van der Waals surface area (Å²) >= 11 is 0. The van der Waals surface area contributed by atoms with Gasteiger partial charge in [0.05, 0.1) is 17.7 Å². The summed E-state index contributed by atoms with van der Waals surface area (Å²) in [6.07, 6.45) is 0.476. The molecule has 4 rings (SSSR count). The van der Waals surface area contributed by atoms with Crippen LogP contribution in [0.15, 0.2) is 48.8 Å². The van der Waals surface area contributed by atoms with Crippen molar-refractivity contribution in [3.8, 4) is 28.4 Å². The lowest BCUT2D eigenvalue weighted by Gasteiger charge is -2.26. The second-order valence-corrected chi connectivity index (χ2v) is 7.52. The summed E-state index contributed by atoms with van der Waals surface area (Å²) in [4.78, 5) is 21.5. The van der Waals surface area contributed by atoms with Crippen molar-refractivity contribution in [3.05, 3.63) is 54.5 Å². The van der Waals surface area contributed by atoms with Crippen molar-refractivity contribution in [1.82, 2.24) is 15.0 Å². The van der Waals surface area contributed by atoms with Gasteiger partial charge in [-0.2, -0.15) is 13.2 Å². The van der Waals surface area contributed by atoms with E-state index in [0.29, 0.717) is 42.7 Å². The molecule has 0 bridgehead atoms. The van der Waals surface area contributed by atoms with E-state index in [4.69, 9.17) is 9.84 Å². The fourth-order valence-electron chi connectivity index (χ4n) is 3.64. The summed E-state index contributed by atoms with van der Waals surface area (Å²) in [6.45, 7) is 0. The quantitative estimate of drug-likeness (QED) is 0.581. The van der Waals surface area contributed by atoms with Crippen molar-refractivity contribution in [2.45, 2.75) is 38.0 Å². The minimum atomic E-state index is -4.50. The number of carboxylic acids is 1. The van der Waals surface area contributed by atoms with E-state index in [9.17, 15) is 18.0 Å². The second kappa shape index (κ2) is 8.41. The Bertz CT molecular complexity index is 1040. The number of halogens is 3. The Morgan fingerprint density at radius 2 is 1.71 bits per heavy atom. The van der Waals surface area contributed by atoms with Crippen molar-refractivity contribution >= 4 is 5.97 Å². The van der Waals surface area contributed by atoms with Crippen LogP contribution in [0.4, 0.5) is 13.2 Å². The average Bonchev–Trinajstić information content (AvgIpc) is 3.26. The van der Waals surface area contributed by atoms with Crippen LogP contribution >= 0.6 is 0 Å². The molecule has 0 aliphatic heterocycles. The van der Waals surface area contributed by atoms with Crippen molar-refractivity contribution in [2.75, 3.05) is 0 Å². The van der Waals surface area contributed by atoms with Gasteiger partial charge in [-0.3, -0.25) is 9.78 Å². The van der Waals surface area contributed by atoms with Gasteiger partial charge in [0.1, 0.15) is 11.6 Å². The SMILES string of the molecule is O=C(O)[C@H]1CC[C@@H](Oc2ccc(-c3ccc(-c4nc(C(F)(F)F)c[nH]4)cn3)cc2)CC1. The van der Waals surface area contributed by atoms with Gasteiger partial charge in [-0.15, -0.1) is 0 Å². The number of aliphatic carboxylic acids is 1. The number of ether oxygens (including phenoxy) is 1. The molecule has 9 heteroatoms. The lowest BCUT2D eigenvalue weighted by Crippen LogP contribution is -2.27. The molecule has 0 amide bonds. The van der Waals surface area contributed by atoms with E-state index in [1.54, 1.807) is 12.1 Å². The molecule has 2 aromatic heterocycles. The highest BCUT2D eigenvalue weighted by molar-refractivity contribution is 5.70. The molecule has 31 heavy (non-hydrogen) atoms. The van der Waals surface area contributed by atoms with Crippen LogP contribution in [0, 0.1) is 5.92 Å². The van der Waals surface area contributed by atoms with Gasteiger partial charge in [0, 0.05) is 23.5 Å². The molecule has 2 heterocycles. The zero-order chi connectivity index (χ0) is 22.0. The van der Waals surface area contributed by atoms with Gasteiger partial charge in [-0.05, 0) is 62.1 Å². The van der Waals surface area contributed by atoms with Crippen molar-refractivity contribution < 1.29 is 27.8 Å². The zero-order valence-corrected chi connectivity index (χ0v) is 16.4. The molecule has 0 spiro atoms. The molecule has 2 N–H and O–H groups in total. The summed E-state index contributed by atoms with van der Waals surface area (Å²) in [6, 6.07) is 10.7. The first-order chi connectivity index (χ1) is 14.8. The van der Waals surface area contributed by atoms with E-state index in [0.717, 1.165) is 11.8 Å². The van der Waals surface area contributed by atoms with E-state index in [1.165, 1.54) is 6.20 Å². The third-order valence-electron chi connectivity index (χ3n) is 5.38. The molecule has 6 nitrogen and oxygen atoms in total. The molecule has 0 radical (unpaired) electrons. The number of hydrogen-bond donors (Lipinski definition) is 2. The van der Waals surface area contributed by atoms with Crippen LogP contribution in [0.5, 0.6) is 5.75 Å². The summed E-state index contributed by atoms with van der Waals surface area (Å²) in [5, 5.41) is 9.07. The second-order valence-electron chi connectivity index (χ2n) is 7.52. The van der Waals surface area contributed by atoms with Gasteiger partial charge in [-0.1, -0.05) is 0 Å². The first kappa shape index (κ1) is 20.9. The summed E-state index contributed by atoms with van der Waals surface area (Å²) in [7, 11) is 0. The Balaban J connectivity index is 1.39. The maximum absolute atomic E-state index is 12.7. The molecular weight excluding hydrogens is 411 g/mol. The largest absolute Gasteiger partial charge is 0.490 e. The van der Waals surface area contributed by atoms with Crippen LogP contribution < -0.4 is 4.74 Å². The number of carbonyl (C=O) groups is 1. The normalized spacial score (nSPS) is 19.2. The Morgan fingerprint density at radius 1 is 1.03 bits per heavy atom. The van der Waals surface area contributed by atoms with E-state index in [-0.39, 0.29) is 17.8 Å². The molecule has 0 unspecified atom stereocenters. The van der Waals surface area contributed by atoms with E-state index in [1.807, 2.05) is 24.3 Å². The van der Waals surface area contributed by atoms with E-state index >= 15 is 0 Å². The van der Waals surface area contributed by atoms with Crippen LogP contribution in [-0.2, 0) is 11.0 Å². The molecule has 3 aromatic rings. The third kappa shape index (κ3) is 4.87. The predicted octanol–water partition coefficient (Wildman–Crippen LogP) is 5.18. The minimum Gasteiger partial charge on any atom is -0.490 e. The number of benzene rings is 1. The lowest BCUT2D eigenvalue weighted by molar-refractivity contribution is -0.143. The van der Waals surface area contributed by atoms with E-state index in [2.05, 4.69) is 15.0 Å². The molecule has 162 valence electrons. The number of H-pyrrole nitrogens is 1. The fraction of sp³-hybridized carbons (Fsp3) is 0.318. The van der Waals surface area contributed by atoms with Gasteiger partial charge in [0.15, 0.2) is 5.69 Å². The van der Waals surface area contributed by atoms with Gasteiger partial charge in [0.25, 0.3) is 0 Å². The fourth-order valence-corrected chi connectivity index (χ4v) is 3.64. The topological polar surface area (TPSA) is 88.1 Å². The standard InChI is InChI=1S/C22H20F3N3O3/c23-22(24,25)19-12-27-20(28-19)15-5-10-18(26-11-15)13-1-6-16(7-2-13)31-17-8-3-14(4-9-17)21(29)30/h1-2,5-7,10-12,14,17H,3-4,8-9H2,(H,27,28)(H,29,30)/t14-,17+. The number of imidazole rings is 1. The van der Waals surface area contributed by atoms with Gasteiger partial charge >= 0.3 is 12.1 Å². The molecule has 1 fully saturated rings. The highest BCUT2D eigenvalue weighted by atomic mass is 19.4. The smallest absolute Gasteiger partial charge is 0.434 e. The van der Waals surface area contributed by atoms with Crippen LogP contribution in [-0.4, -0.2) is 32.1 Å². The van der Waals surface area contributed by atoms with Crippen molar-refractivity contribution in [3.63, 3.8) is 0 Å². The number of alkyl halides is 3. The van der Waals surface area contributed by atoms with Crippen LogP contribution in [0.2, 0.25) is 0 Å². The monoisotopic (exact) mass is 431 g/mol. The van der Waals surface area contributed by atoms with Gasteiger partial charge in [-0.25, -0.2) is 4.98 Å². The van der Waals surface area contributed by atoms with Crippen molar-refractivity contribution in [2.24, 2.45) is 5.92 Å². The maximum atomic E-state index is 12.7. The highest BCUT2D eigenvalue weighted by Gasteiger charge is 2.33. The molecular formula is C22H20F3N3O3. The van der Waals surface area contributed by atoms with Crippen LogP contribution in [0.3, 0.4) is 0 Å². The number of aromatic nitrogens is 3. The predicted molar refractivity (Wildman–Crippen MR) is 106 cm³/mol. The number of nitrogens with one attached hydrogen (secondary N) is 1. The average molecular weight is 431 g/mol. The number of rotatable bonds is 5. The maximum Gasteiger partial charge on any atom is 0.434 e. The number of carboxylic acid groups (broad SMARTS) is 1. The van der Waals surface area contributed by atoms with Crippen LogP contribution in [0.25, 0.3) is 22.6 Å². The number of hydrogen-bond acceptors (Lipinski definition) is 4. The first-order valence-corrected chi connectivity index (χ1v) is 9.88. The number of aromatic amines is 1. The molecule has 1 saturated carbocycles.